The number of carboxylic acid groups (broad SMARTS) is 1. The molecule has 4 nitrogen and oxygen atoms in total. The first-order chi connectivity index (χ1) is 3.68. The Bertz CT molecular complexity index is 55.2. The van der Waals surface area contributed by atoms with Gasteiger partial charge in [-0.2, -0.15) is 0 Å². The molecule has 0 atom stereocenters. The quantitative estimate of drug-likeness (QED) is 0.386. The van der Waals surface area contributed by atoms with Gasteiger partial charge in [0.15, 0.2) is 0 Å². The predicted molar refractivity (Wildman–Crippen MR) is 28.1 cm³/mol. The molecule has 0 aromatic rings. The number of carboxylic acids is 1. The number of hydrogen-bond acceptors (Lipinski definition) is 3. The van der Waals surface area contributed by atoms with Gasteiger partial charge in [0, 0.05) is 6.42 Å². The highest BCUT2D eigenvalue weighted by atomic mass is 16.4. The van der Waals surface area contributed by atoms with Gasteiger partial charge in [0.2, 0.25) is 0 Å². The summed E-state index contributed by atoms with van der Waals surface area (Å²) < 4.78 is 0. The van der Waals surface area contributed by atoms with Crippen molar-refractivity contribution in [3.8, 4) is 0 Å². The van der Waals surface area contributed by atoms with Crippen molar-refractivity contribution >= 4 is 13.7 Å². The highest BCUT2D eigenvalue weighted by Crippen LogP contribution is 1.67. The van der Waals surface area contributed by atoms with Crippen LogP contribution in [0, 0.1) is 0 Å². The summed E-state index contributed by atoms with van der Waals surface area (Å²) in [5.74, 6) is -0.745. The lowest BCUT2D eigenvalue weighted by atomic mass is 10.5. The fraction of sp³-hybridized carbons (Fsp3) is 0.667. The van der Waals surface area contributed by atoms with Gasteiger partial charge in [-0.25, -0.2) is 0 Å². The summed E-state index contributed by atoms with van der Waals surface area (Å²) in [6.45, 7) is 1.60. The van der Waals surface area contributed by atoms with Crippen LogP contribution in [0.15, 0.2) is 0 Å². The molecule has 0 aliphatic rings. The van der Waals surface area contributed by atoms with E-state index in [2.05, 4.69) is 0 Å². The zero-order valence-electron chi connectivity index (χ0n) is 4.53. The summed E-state index contributed by atoms with van der Waals surface area (Å²) in [6.07, 6.45) is 0.222. The van der Waals surface area contributed by atoms with E-state index in [0.29, 0.717) is 0 Å². The summed E-state index contributed by atoms with van der Waals surface area (Å²) in [7, 11) is 0. The molecule has 0 aliphatic carbocycles. The first kappa shape index (κ1) is 10.4. The highest BCUT2D eigenvalue weighted by Gasteiger charge is 1.80. The summed E-state index contributed by atoms with van der Waals surface area (Å²) in [5, 5.41) is 21.7. The third kappa shape index (κ3) is 51.1. The van der Waals surface area contributed by atoms with Crippen molar-refractivity contribution in [2.45, 2.75) is 13.3 Å². The van der Waals surface area contributed by atoms with Crippen LogP contribution >= 0.6 is 0 Å². The lowest BCUT2D eigenvalue weighted by Gasteiger charge is -1.71. The lowest BCUT2D eigenvalue weighted by Crippen LogP contribution is -1.86. The Morgan fingerprint density at radius 1 is 1.62 bits per heavy atom. The van der Waals surface area contributed by atoms with Crippen LogP contribution in [0.3, 0.4) is 0 Å². The van der Waals surface area contributed by atoms with E-state index in [4.69, 9.17) is 15.2 Å². The van der Waals surface area contributed by atoms with Crippen LogP contribution in [-0.4, -0.2) is 28.8 Å². The molecule has 0 saturated heterocycles. The Kier molecular flexibility index (Phi) is 12.6. The van der Waals surface area contributed by atoms with Gasteiger partial charge in [-0.3, -0.25) is 4.79 Å². The SMILES string of the molecule is CCC(=O)O.O[B]O. The molecule has 0 aromatic carbocycles. The maximum Gasteiger partial charge on any atom is 0.482 e. The van der Waals surface area contributed by atoms with E-state index in [1.54, 1.807) is 6.92 Å². The third-order valence-electron chi connectivity index (χ3n) is 0.302. The average molecular weight is 119 g/mol. The van der Waals surface area contributed by atoms with Crippen molar-refractivity contribution in [3.05, 3.63) is 0 Å². The molecule has 0 rings (SSSR count). The van der Waals surface area contributed by atoms with E-state index >= 15 is 0 Å². The van der Waals surface area contributed by atoms with E-state index in [9.17, 15) is 4.79 Å². The van der Waals surface area contributed by atoms with Crippen molar-refractivity contribution in [2.24, 2.45) is 0 Å². The second-order valence-electron chi connectivity index (χ2n) is 0.863. The number of carbonyl (C=O) groups is 1. The van der Waals surface area contributed by atoms with Crippen LogP contribution in [0.1, 0.15) is 13.3 Å². The van der Waals surface area contributed by atoms with Gasteiger partial charge in [0.05, 0.1) is 0 Å². The molecule has 0 heterocycles. The zero-order chi connectivity index (χ0) is 6.99. The molecular formula is C3H8BO4. The van der Waals surface area contributed by atoms with Crippen LogP contribution in [0.4, 0.5) is 0 Å². The summed E-state index contributed by atoms with van der Waals surface area (Å²) in [6, 6.07) is 0. The van der Waals surface area contributed by atoms with E-state index < -0.39 is 5.97 Å². The Morgan fingerprint density at radius 2 is 1.75 bits per heavy atom. The Labute approximate surface area is 48.1 Å². The van der Waals surface area contributed by atoms with Crippen molar-refractivity contribution in [2.75, 3.05) is 0 Å². The molecule has 0 spiro atoms. The van der Waals surface area contributed by atoms with Crippen LogP contribution in [0.25, 0.3) is 0 Å². The Hall–Kier alpha value is -0.545. The maximum atomic E-state index is 9.37. The second kappa shape index (κ2) is 9.68. The normalized spacial score (nSPS) is 6.38. The third-order valence-corrected chi connectivity index (χ3v) is 0.302. The van der Waals surface area contributed by atoms with Crippen molar-refractivity contribution in [1.82, 2.24) is 0 Å². The molecule has 0 unspecified atom stereocenters. The standard InChI is InChI=1S/C3H6O2.BH2O2/c1-2-3(4)5;2-1-3/h2H2,1H3,(H,4,5);2-3H. The fourth-order valence-corrected chi connectivity index (χ4v) is 0. The van der Waals surface area contributed by atoms with Crippen molar-refractivity contribution < 1.29 is 19.9 Å². The molecule has 0 bridgehead atoms. The molecule has 47 valence electrons. The van der Waals surface area contributed by atoms with Gasteiger partial charge in [0.25, 0.3) is 0 Å². The van der Waals surface area contributed by atoms with Crippen LogP contribution in [0.2, 0.25) is 0 Å². The van der Waals surface area contributed by atoms with Crippen LogP contribution in [0.5, 0.6) is 0 Å². The fourth-order valence-electron chi connectivity index (χ4n) is 0. The Morgan fingerprint density at radius 3 is 1.75 bits per heavy atom. The monoisotopic (exact) mass is 119 g/mol. The minimum atomic E-state index is -0.745. The maximum absolute atomic E-state index is 9.37. The molecule has 0 saturated carbocycles. The summed E-state index contributed by atoms with van der Waals surface area (Å²) in [5.41, 5.74) is 0. The second-order valence-corrected chi connectivity index (χ2v) is 0.863. The summed E-state index contributed by atoms with van der Waals surface area (Å²) in [4.78, 5) is 9.37. The first-order valence-electron chi connectivity index (χ1n) is 2.00. The van der Waals surface area contributed by atoms with Crippen molar-refractivity contribution in [1.29, 1.82) is 0 Å². The van der Waals surface area contributed by atoms with Gasteiger partial charge in [-0.1, -0.05) is 6.92 Å². The van der Waals surface area contributed by atoms with Gasteiger partial charge in [-0.05, 0) is 0 Å². The highest BCUT2D eigenvalue weighted by molar-refractivity contribution is 6.13. The number of aliphatic carboxylic acids is 1. The molecule has 0 amide bonds. The smallest absolute Gasteiger partial charge is 0.481 e. The van der Waals surface area contributed by atoms with Crippen LogP contribution in [-0.2, 0) is 4.79 Å². The van der Waals surface area contributed by atoms with E-state index in [1.807, 2.05) is 0 Å². The number of hydrogen-bond donors (Lipinski definition) is 3. The Balaban J connectivity index is 0. The molecule has 3 N–H and O–H groups in total. The average Bonchev–Trinajstić information content (AvgIpc) is 1.69. The minimum Gasteiger partial charge on any atom is -0.481 e. The van der Waals surface area contributed by atoms with Crippen LogP contribution < -0.4 is 0 Å². The molecule has 5 heteroatoms. The van der Waals surface area contributed by atoms with Gasteiger partial charge in [-0.15, -0.1) is 0 Å². The van der Waals surface area contributed by atoms with E-state index in [-0.39, 0.29) is 14.1 Å². The largest absolute Gasteiger partial charge is 0.482 e. The van der Waals surface area contributed by atoms with Crippen molar-refractivity contribution in [3.63, 3.8) is 0 Å². The topological polar surface area (TPSA) is 77.8 Å². The van der Waals surface area contributed by atoms with Gasteiger partial charge >= 0.3 is 13.7 Å². The molecular weight excluding hydrogens is 111 g/mol. The molecule has 0 fully saturated rings. The van der Waals surface area contributed by atoms with Gasteiger partial charge in [0.1, 0.15) is 0 Å². The van der Waals surface area contributed by atoms with Gasteiger partial charge < -0.3 is 15.2 Å². The minimum absolute atomic E-state index is 0. The zero-order valence-corrected chi connectivity index (χ0v) is 4.53. The molecule has 1 radical (unpaired) electrons. The molecule has 8 heavy (non-hydrogen) atoms. The summed E-state index contributed by atoms with van der Waals surface area (Å²) >= 11 is 0. The molecule has 0 aliphatic heterocycles. The molecule has 0 aromatic heterocycles. The number of rotatable bonds is 1. The predicted octanol–water partition coefficient (Wildman–Crippen LogP) is -1.01. The first-order valence-corrected chi connectivity index (χ1v) is 2.00. The van der Waals surface area contributed by atoms with E-state index in [0.717, 1.165) is 0 Å². The van der Waals surface area contributed by atoms with E-state index in [1.165, 1.54) is 0 Å². The lowest BCUT2D eigenvalue weighted by molar-refractivity contribution is -0.136.